The zero-order valence-electron chi connectivity index (χ0n) is 15.4. The molecule has 1 amide bonds. The molecule has 0 saturated carbocycles. The van der Waals surface area contributed by atoms with Crippen LogP contribution in [-0.4, -0.2) is 33.8 Å². The number of allylic oxidation sites excluding steroid dienone is 1. The molecule has 0 fully saturated rings. The molecular formula is C20H21N3O4. The summed E-state index contributed by atoms with van der Waals surface area (Å²) in [5, 5.41) is 12.3. The van der Waals surface area contributed by atoms with Crippen LogP contribution in [0.25, 0.3) is 11.6 Å². The average molecular weight is 367 g/mol. The van der Waals surface area contributed by atoms with Gasteiger partial charge in [0.2, 0.25) is 5.91 Å². The molecule has 0 bridgehead atoms. The highest BCUT2D eigenvalue weighted by molar-refractivity contribution is 5.95. The van der Waals surface area contributed by atoms with Gasteiger partial charge in [0.15, 0.2) is 0 Å². The monoisotopic (exact) mass is 367 g/mol. The van der Waals surface area contributed by atoms with Gasteiger partial charge in [-0.05, 0) is 41.5 Å². The van der Waals surface area contributed by atoms with Crippen molar-refractivity contribution in [2.24, 2.45) is 5.73 Å². The Morgan fingerprint density at radius 3 is 2.30 bits per heavy atom. The highest BCUT2D eigenvalue weighted by atomic mass is 16.5. The maximum atomic E-state index is 11.6. The Morgan fingerprint density at radius 1 is 1.11 bits per heavy atom. The summed E-state index contributed by atoms with van der Waals surface area (Å²) in [4.78, 5) is 11.6. The number of amides is 1. The van der Waals surface area contributed by atoms with Crippen LogP contribution < -0.4 is 25.3 Å². The van der Waals surface area contributed by atoms with Crippen LogP contribution >= 0.6 is 0 Å². The summed E-state index contributed by atoms with van der Waals surface area (Å²) in [5.74, 6) is 1.32. The summed E-state index contributed by atoms with van der Waals surface area (Å²) in [6.45, 7) is -0.143. The third kappa shape index (κ3) is 5.00. The van der Waals surface area contributed by atoms with Crippen molar-refractivity contribution in [3.63, 3.8) is 0 Å². The molecule has 140 valence electrons. The van der Waals surface area contributed by atoms with Crippen molar-refractivity contribution in [3.8, 4) is 23.3 Å². The zero-order chi connectivity index (χ0) is 19.8. The minimum absolute atomic E-state index is 0.143. The van der Waals surface area contributed by atoms with Crippen molar-refractivity contribution in [2.75, 3.05) is 33.2 Å². The van der Waals surface area contributed by atoms with Gasteiger partial charge in [0, 0.05) is 6.07 Å². The van der Waals surface area contributed by atoms with Gasteiger partial charge in [0.25, 0.3) is 0 Å². The van der Waals surface area contributed by atoms with Gasteiger partial charge < -0.3 is 25.3 Å². The van der Waals surface area contributed by atoms with Crippen molar-refractivity contribution >= 4 is 23.2 Å². The number of nitrogens with two attached hydrogens (primary N) is 1. The van der Waals surface area contributed by atoms with Crippen molar-refractivity contribution in [1.82, 2.24) is 0 Å². The molecule has 0 aliphatic rings. The molecule has 7 nitrogen and oxygen atoms in total. The van der Waals surface area contributed by atoms with Crippen LogP contribution in [0.5, 0.6) is 17.2 Å². The van der Waals surface area contributed by atoms with E-state index in [2.05, 4.69) is 11.4 Å². The van der Waals surface area contributed by atoms with Gasteiger partial charge in [-0.1, -0.05) is 6.07 Å². The second kappa shape index (κ2) is 9.27. The topological polar surface area (TPSA) is 107 Å². The third-order valence-electron chi connectivity index (χ3n) is 3.78. The normalized spacial score (nSPS) is 10.7. The van der Waals surface area contributed by atoms with Gasteiger partial charge in [-0.3, -0.25) is 4.79 Å². The molecule has 0 spiro atoms. The summed E-state index contributed by atoms with van der Waals surface area (Å²) < 4.78 is 15.8. The third-order valence-corrected chi connectivity index (χ3v) is 3.78. The van der Waals surface area contributed by atoms with E-state index in [-0.39, 0.29) is 12.5 Å². The lowest BCUT2D eigenvalue weighted by Crippen LogP contribution is -2.22. The molecule has 3 N–H and O–H groups in total. The number of anilines is 1. The standard InChI is InChI=1S/C20H21N3O4/c1-25-16-8-14(9-17(10-16)26-2)15(11-21)6-13-4-5-19(27-3)18(7-13)23-20(24)12-22/h4-10H,12,22H2,1-3H3,(H,23,24). The van der Waals surface area contributed by atoms with E-state index >= 15 is 0 Å². The first-order chi connectivity index (χ1) is 13.0. The first-order valence-corrected chi connectivity index (χ1v) is 8.07. The summed E-state index contributed by atoms with van der Waals surface area (Å²) in [6, 6.07) is 12.6. The smallest absolute Gasteiger partial charge is 0.238 e. The van der Waals surface area contributed by atoms with Crippen LogP contribution in [-0.2, 0) is 4.79 Å². The highest BCUT2D eigenvalue weighted by Gasteiger charge is 2.10. The van der Waals surface area contributed by atoms with Gasteiger partial charge in [-0.2, -0.15) is 5.26 Å². The quantitative estimate of drug-likeness (QED) is 0.576. The largest absolute Gasteiger partial charge is 0.497 e. The lowest BCUT2D eigenvalue weighted by atomic mass is 10.0. The van der Waals surface area contributed by atoms with Gasteiger partial charge in [-0.25, -0.2) is 0 Å². The summed E-state index contributed by atoms with van der Waals surface area (Å²) in [5.41, 5.74) is 7.60. The fourth-order valence-electron chi connectivity index (χ4n) is 2.42. The fraction of sp³-hybridized carbons (Fsp3) is 0.200. The van der Waals surface area contributed by atoms with Gasteiger partial charge in [0.05, 0.1) is 45.2 Å². The summed E-state index contributed by atoms with van der Waals surface area (Å²) in [6.07, 6.45) is 1.70. The Labute approximate surface area is 158 Å². The first-order valence-electron chi connectivity index (χ1n) is 8.07. The number of hydrogen-bond donors (Lipinski definition) is 2. The lowest BCUT2D eigenvalue weighted by Gasteiger charge is -2.11. The number of nitrogens with one attached hydrogen (secondary N) is 1. The van der Waals surface area contributed by atoms with E-state index < -0.39 is 0 Å². The molecule has 0 heterocycles. The highest BCUT2D eigenvalue weighted by Crippen LogP contribution is 2.30. The Hall–Kier alpha value is -3.50. The molecule has 2 aromatic carbocycles. The van der Waals surface area contributed by atoms with E-state index in [1.165, 1.54) is 7.11 Å². The van der Waals surface area contributed by atoms with E-state index in [0.29, 0.717) is 39.6 Å². The molecule has 2 aromatic rings. The average Bonchev–Trinajstić information content (AvgIpc) is 2.71. The second-order valence-electron chi connectivity index (χ2n) is 5.48. The second-order valence-corrected chi connectivity index (χ2v) is 5.48. The molecular weight excluding hydrogens is 346 g/mol. The Bertz CT molecular complexity index is 878. The number of hydrogen-bond acceptors (Lipinski definition) is 6. The number of carbonyl (C=O) groups is 1. The minimum atomic E-state index is -0.340. The van der Waals surface area contributed by atoms with Crippen molar-refractivity contribution < 1.29 is 19.0 Å². The van der Waals surface area contributed by atoms with Crippen LogP contribution in [0.15, 0.2) is 36.4 Å². The van der Waals surface area contributed by atoms with Gasteiger partial charge in [0.1, 0.15) is 17.2 Å². The van der Waals surface area contributed by atoms with E-state index in [1.807, 2.05) is 0 Å². The number of nitrogens with zero attached hydrogens (tertiary/aromatic N) is 1. The van der Waals surface area contributed by atoms with Crippen LogP contribution in [0, 0.1) is 11.3 Å². The van der Waals surface area contributed by atoms with Crippen LogP contribution in [0.3, 0.4) is 0 Å². The predicted molar refractivity (Wildman–Crippen MR) is 104 cm³/mol. The Kier molecular flexibility index (Phi) is 6.80. The fourth-order valence-corrected chi connectivity index (χ4v) is 2.42. The molecule has 0 saturated heterocycles. The van der Waals surface area contributed by atoms with Crippen molar-refractivity contribution in [1.29, 1.82) is 5.26 Å². The van der Waals surface area contributed by atoms with E-state index in [0.717, 1.165) is 0 Å². The van der Waals surface area contributed by atoms with Crippen LogP contribution in [0.1, 0.15) is 11.1 Å². The molecule has 2 rings (SSSR count). The molecule has 0 aliphatic heterocycles. The number of ether oxygens (including phenoxy) is 3. The number of nitriles is 1. The van der Waals surface area contributed by atoms with Crippen LogP contribution in [0.2, 0.25) is 0 Å². The maximum absolute atomic E-state index is 11.6. The van der Waals surface area contributed by atoms with Crippen LogP contribution in [0.4, 0.5) is 5.69 Å². The van der Waals surface area contributed by atoms with Crippen molar-refractivity contribution in [2.45, 2.75) is 0 Å². The maximum Gasteiger partial charge on any atom is 0.238 e. The SMILES string of the molecule is COc1cc(OC)cc(C(C#N)=Cc2ccc(OC)c(NC(=O)CN)c2)c1. The lowest BCUT2D eigenvalue weighted by molar-refractivity contribution is -0.114. The molecule has 0 radical (unpaired) electrons. The molecule has 0 atom stereocenters. The summed E-state index contributed by atoms with van der Waals surface area (Å²) in [7, 11) is 4.60. The molecule has 0 aliphatic carbocycles. The first kappa shape index (κ1) is 19.8. The van der Waals surface area contributed by atoms with E-state index in [4.69, 9.17) is 19.9 Å². The molecule has 0 unspecified atom stereocenters. The molecule has 0 aromatic heterocycles. The Balaban J connectivity index is 2.47. The minimum Gasteiger partial charge on any atom is -0.497 e. The number of rotatable bonds is 7. The van der Waals surface area contributed by atoms with E-state index in [1.54, 1.807) is 56.7 Å². The molecule has 27 heavy (non-hydrogen) atoms. The van der Waals surface area contributed by atoms with E-state index in [9.17, 15) is 10.1 Å². The van der Waals surface area contributed by atoms with Gasteiger partial charge >= 0.3 is 0 Å². The number of methoxy groups -OCH3 is 3. The number of benzene rings is 2. The Morgan fingerprint density at radius 2 is 1.78 bits per heavy atom. The zero-order valence-corrected chi connectivity index (χ0v) is 15.4. The van der Waals surface area contributed by atoms with Crippen molar-refractivity contribution in [3.05, 3.63) is 47.5 Å². The molecule has 7 heteroatoms. The summed E-state index contributed by atoms with van der Waals surface area (Å²) >= 11 is 0. The predicted octanol–water partition coefficient (Wildman–Crippen LogP) is 2.67. The van der Waals surface area contributed by atoms with Gasteiger partial charge in [-0.15, -0.1) is 0 Å². The number of carbonyl (C=O) groups excluding carboxylic acids is 1.